The number of halogens is 4. The van der Waals surface area contributed by atoms with E-state index >= 15 is 0 Å². The summed E-state index contributed by atoms with van der Waals surface area (Å²) in [5, 5.41) is 2.67. The van der Waals surface area contributed by atoms with Crippen LogP contribution in [0.4, 0.5) is 18.9 Å². The Morgan fingerprint density at radius 1 is 1.12 bits per heavy atom. The van der Waals surface area contributed by atoms with E-state index in [1.54, 1.807) is 0 Å². The topological polar surface area (TPSA) is 44.8 Å². The Hall–Kier alpha value is -1.51. The van der Waals surface area contributed by atoms with E-state index in [-0.39, 0.29) is 30.6 Å². The SMILES string of the molecule is CCN1CCN(CC(=O)Nc2ccc(OC(F)(F)F)cc2)CC1.[Cl-]. The summed E-state index contributed by atoms with van der Waals surface area (Å²) in [6.07, 6.45) is -4.72. The smallest absolute Gasteiger partial charge is 0.573 e. The molecule has 1 heterocycles. The average Bonchev–Trinajstić information content (AvgIpc) is 2.48. The lowest BCUT2D eigenvalue weighted by atomic mass is 10.3. The number of benzene rings is 1. The first-order valence-electron chi connectivity index (χ1n) is 7.46. The Morgan fingerprint density at radius 3 is 2.17 bits per heavy atom. The van der Waals surface area contributed by atoms with Crippen molar-refractivity contribution in [1.82, 2.24) is 9.80 Å². The van der Waals surface area contributed by atoms with E-state index in [1.165, 1.54) is 24.3 Å². The largest absolute Gasteiger partial charge is 1.00 e. The molecule has 2 rings (SSSR count). The molecule has 0 radical (unpaired) electrons. The third-order valence-electron chi connectivity index (χ3n) is 3.65. The molecular weight excluding hydrogens is 347 g/mol. The molecule has 1 amide bonds. The molecule has 9 heteroatoms. The van der Waals surface area contributed by atoms with Gasteiger partial charge < -0.3 is 27.4 Å². The summed E-state index contributed by atoms with van der Waals surface area (Å²) in [5.74, 6) is -0.495. The van der Waals surface area contributed by atoms with Crippen LogP contribution in [0, 0.1) is 0 Å². The quantitative estimate of drug-likeness (QED) is 0.738. The number of carbonyl (C=O) groups excluding carboxylic acids is 1. The second-order valence-electron chi connectivity index (χ2n) is 5.33. The first-order chi connectivity index (χ1) is 10.9. The van der Waals surface area contributed by atoms with Crippen molar-refractivity contribution < 1.29 is 35.1 Å². The Balaban J connectivity index is 0.00000288. The molecular formula is C15H20ClF3N3O2-. The molecule has 24 heavy (non-hydrogen) atoms. The van der Waals surface area contributed by atoms with Crippen LogP contribution in [0.3, 0.4) is 0 Å². The van der Waals surface area contributed by atoms with E-state index in [1.807, 2.05) is 0 Å². The summed E-state index contributed by atoms with van der Waals surface area (Å²) >= 11 is 0. The van der Waals surface area contributed by atoms with E-state index in [0.717, 1.165) is 32.7 Å². The van der Waals surface area contributed by atoms with Gasteiger partial charge in [-0.3, -0.25) is 9.69 Å². The Kier molecular flexibility index (Phi) is 7.78. The molecule has 1 aromatic rings. The number of nitrogens with one attached hydrogen (secondary N) is 1. The van der Waals surface area contributed by atoms with Crippen molar-refractivity contribution in [3.8, 4) is 5.75 Å². The van der Waals surface area contributed by atoms with Gasteiger partial charge in [0.05, 0.1) is 6.54 Å². The first-order valence-corrected chi connectivity index (χ1v) is 7.46. The van der Waals surface area contributed by atoms with Gasteiger partial charge in [-0.2, -0.15) is 0 Å². The molecule has 1 aliphatic heterocycles. The Bertz CT molecular complexity index is 518. The molecule has 0 spiro atoms. The highest BCUT2D eigenvalue weighted by molar-refractivity contribution is 5.92. The van der Waals surface area contributed by atoms with Gasteiger partial charge in [0.2, 0.25) is 5.91 Å². The molecule has 5 nitrogen and oxygen atoms in total. The minimum Gasteiger partial charge on any atom is -1.00 e. The van der Waals surface area contributed by atoms with Crippen molar-refractivity contribution in [2.45, 2.75) is 13.3 Å². The lowest BCUT2D eigenvalue weighted by Crippen LogP contribution is -3.00. The van der Waals surface area contributed by atoms with Gasteiger partial charge in [0.1, 0.15) is 5.75 Å². The standard InChI is InChI=1S/C15H20F3N3O2.ClH/c1-2-20-7-9-21(10-8-20)11-14(22)19-12-3-5-13(6-4-12)23-15(16,17)18;/h3-6H,2,7-11H2,1H3,(H,19,22);1H/p-1. The summed E-state index contributed by atoms with van der Waals surface area (Å²) in [5.41, 5.74) is 0.441. The molecule has 0 bridgehead atoms. The molecule has 1 aromatic carbocycles. The minimum absolute atomic E-state index is 0. The Morgan fingerprint density at radius 2 is 1.67 bits per heavy atom. The van der Waals surface area contributed by atoms with Crippen LogP contribution in [0.25, 0.3) is 0 Å². The molecule has 1 saturated heterocycles. The van der Waals surface area contributed by atoms with E-state index < -0.39 is 6.36 Å². The molecule has 0 saturated carbocycles. The third kappa shape index (κ3) is 6.94. The van der Waals surface area contributed by atoms with Gasteiger partial charge in [-0.1, -0.05) is 6.92 Å². The third-order valence-corrected chi connectivity index (χ3v) is 3.65. The van der Waals surface area contributed by atoms with E-state index in [2.05, 4.69) is 26.8 Å². The maximum absolute atomic E-state index is 12.1. The highest BCUT2D eigenvalue weighted by Crippen LogP contribution is 2.23. The summed E-state index contributed by atoms with van der Waals surface area (Å²) < 4.78 is 40.0. The van der Waals surface area contributed by atoms with E-state index in [9.17, 15) is 18.0 Å². The number of piperazine rings is 1. The number of likely N-dealkylation sites (N-methyl/N-ethyl adjacent to an activating group) is 1. The van der Waals surface area contributed by atoms with Crippen LogP contribution < -0.4 is 22.5 Å². The van der Waals surface area contributed by atoms with Gasteiger partial charge in [0.25, 0.3) is 0 Å². The molecule has 0 aliphatic carbocycles. The molecule has 0 unspecified atom stereocenters. The zero-order chi connectivity index (χ0) is 16.9. The van der Waals surface area contributed by atoms with Crippen molar-refractivity contribution in [2.24, 2.45) is 0 Å². The zero-order valence-corrected chi connectivity index (χ0v) is 14.0. The van der Waals surface area contributed by atoms with E-state index in [4.69, 9.17) is 0 Å². The van der Waals surface area contributed by atoms with Gasteiger partial charge in [-0.15, -0.1) is 13.2 Å². The normalized spacial score (nSPS) is 16.3. The summed E-state index contributed by atoms with van der Waals surface area (Å²) in [4.78, 5) is 16.3. The van der Waals surface area contributed by atoms with Gasteiger partial charge in [0.15, 0.2) is 0 Å². The van der Waals surface area contributed by atoms with Crippen LogP contribution in [0.1, 0.15) is 6.92 Å². The van der Waals surface area contributed by atoms with Gasteiger partial charge in [0, 0.05) is 31.9 Å². The number of rotatable bonds is 5. The molecule has 1 N–H and O–H groups in total. The molecule has 1 aliphatic rings. The number of amides is 1. The molecule has 0 aromatic heterocycles. The van der Waals surface area contributed by atoms with Crippen LogP contribution in [0.15, 0.2) is 24.3 Å². The predicted molar refractivity (Wildman–Crippen MR) is 80.3 cm³/mol. The minimum atomic E-state index is -4.72. The van der Waals surface area contributed by atoms with Gasteiger partial charge in [-0.05, 0) is 30.8 Å². The maximum atomic E-state index is 12.1. The van der Waals surface area contributed by atoms with Crippen LogP contribution in [0.2, 0.25) is 0 Å². The summed E-state index contributed by atoms with van der Waals surface area (Å²) in [7, 11) is 0. The second-order valence-corrected chi connectivity index (χ2v) is 5.33. The molecule has 1 fully saturated rings. The van der Waals surface area contributed by atoms with Gasteiger partial charge >= 0.3 is 6.36 Å². The number of anilines is 1. The number of nitrogens with zero attached hydrogens (tertiary/aromatic N) is 2. The fourth-order valence-electron chi connectivity index (χ4n) is 2.41. The highest BCUT2D eigenvalue weighted by Gasteiger charge is 2.31. The van der Waals surface area contributed by atoms with Crippen LogP contribution in [0.5, 0.6) is 5.75 Å². The zero-order valence-electron chi connectivity index (χ0n) is 13.3. The van der Waals surface area contributed by atoms with Crippen LogP contribution in [-0.2, 0) is 4.79 Å². The number of ether oxygens (including phenoxy) is 1. The second kappa shape index (κ2) is 9.10. The lowest BCUT2D eigenvalue weighted by molar-refractivity contribution is -0.274. The van der Waals surface area contributed by atoms with E-state index in [0.29, 0.717) is 5.69 Å². The number of hydrogen-bond donors (Lipinski definition) is 1. The fraction of sp³-hybridized carbons (Fsp3) is 0.533. The van der Waals surface area contributed by atoms with Crippen molar-refractivity contribution in [3.05, 3.63) is 24.3 Å². The Labute approximate surface area is 145 Å². The number of hydrogen-bond acceptors (Lipinski definition) is 4. The van der Waals surface area contributed by atoms with Crippen molar-refractivity contribution in [1.29, 1.82) is 0 Å². The molecule has 0 atom stereocenters. The number of alkyl halides is 3. The van der Waals surface area contributed by atoms with Crippen LogP contribution >= 0.6 is 0 Å². The van der Waals surface area contributed by atoms with Crippen molar-refractivity contribution in [3.63, 3.8) is 0 Å². The lowest BCUT2D eigenvalue weighted by Gasteiger charge is -2.33. The van der Waals surface area contributed by atoms with Crippen molar-refractivity contribution in [2.75, 3.05) is 44.6 Å². The molecule has 136 valence electrons. The monoisotopic (exact) mass is 366 g/mol. The predicted octanol–water partition coefficient (Wildman–Crippen LogP) is -0.835. The highest BCUT2D eigenvalue weighted by atomic mass is 35.5. The van der Waals surface area contributed by atoms with Crippen molar-refractivity contribution >= 4 is 11.6 Å². The maximum Gasteiger partial charge on any atom is 0.573 e. The van der Waals surface area contributed by atoms with Gasteiger partial charge in [-0.25, -0.2) is 0 Å². The fourth-order valence-corrected chi connectivity index (χ4v) is 2.41. The number of carbonyl (C=O) groups is 1. The van der Waals surface area contributed by atoms with Crippen LogP contribution in [-0.4, -0.2) is 61.3 Å². The summed E-state index contributed by atoms with van der Waals surface area (Å²) in [6, 6.07) is 5.11. The average molecular weight is 367 g/mol. The summed E-state index contributed by atoms with van der Waals surface area (Å²) in [6.45, 7) is 6.93. The first kappa shape index (κ1) is 20.5.